The maximum atomic E-state index is 2.47. The second-order valence-electron chi connectivity index (χ2n) is 8.63. The van der Waals surface area contributed by atoms with Crippen molar-refractivity contribution in [2.45, 2.75) is 96.9 Å². The van der Waals surface area contributed by atoms with Gasteiger partial charge >= 0.3 is 0 Å². The smallest absolute Gasteiger partial charge is 0.104 e. The van der Waals surface area contributed by atoms with E-state index in [0.29, 0.717) is 0 Å². The lowest BCUT2D eigenvalue weighted by atomic mass is 9.97. The van der Waals surface area contributed by atoms with Gasteiger partial charge in [-0.3, -0.25) is 0 Å². The Hall–Kier alpha value is -0.820. The summed E-state index contributed by atoms with van der Waals surface area (Å²) in [5.41, 5.74) is 3.18. The lowest BCUT2D eigenvalue weighted by Gasteiger charge is -2.38. The van der Waals surface area contributed by atoms with E-state index in [1.54, 1.807) is 11.1 Å². The van der Waals surface area contributed by atoms with Crippen LogP contribution in [-0.2, 0) is 13.0 Å². The highest BCUT2D eigenvalue weighted by Crippen LogP contribution is 2.24. The summed E-state index contributed by atoms with van der Waals surface area (Å²) in [7, 11) is 2.47. The summed E-state index contributed by atoms with van der Waals surface area (Å²) in [6, 6.07) is 9.06. The summed E-state index contributed by atoms with van der Waals surface area (Å²) in [5, 5.41) is 0. The Bertz CT molecular complexity index is 467. The molecular weight excluding hydrogens is 302 g/mol. The fourth-order valence-electron chi connectivity index (χ4n) is 4.36. The van der Waals surface area contributed by atoms with Crippen LogP contribution in [-0.4, -0.2) is 24.6 Å². The fourth-order valence-corrected chi connectivity index (χ4v) is 4.36. The summed E-state index contributed by atoms with van der Waals surface area (Å²) >= 11 is 0. The minimum atomic E-state index is 1.24. The van der Waals surface area contributed by atoms with Crippen molar-refractivity contribution in [1.82, 2.24) is 0 Å². The van der Waals surface area contributed by atoms with Crippen molar-refractivity contribution in [2.24, 2.45) is 0 Å². The topological polar surface area (TPSA) is 0 Å². The first kappa shape index (κ1) is 20.5. The van der Waals surface area contributed by atoms with E-state index >= 15 is 0 Å². The summed E-state index contributed by atoms with van der Waals surface area (Å²) in [6.45, 7) is 6.24. The van der Waals surface area contributed by atoms with Gasteiger partial charge in [0.15, 0.2) is 0 Å². The molecule has 0 fully saturated rings. The quantitative estimate of drug-likeness (QED) is 0.270. The van der Waals surface area contributed by atoms with Crippen molar-refractivity contribution in [2.75, 3.05) is 20.1 Å². The van der Waals surface area contributed by atoms with Gasteiger partial charge in [-0.15, -0.1) is 0 Å². The fraction of sp³-hybridized carbons (Fsp3) is 0.750. The Morgan fingerprint density at radius 3 is 1.84 bits per heavy atom. The molecule has 0 spiro atoms. The van der Waals surface area contributed by atoms with Crippen LogP contribution in [0.25, 0.3) is 0 Å². The molecule has 0 saturated heterocycles. The maximum absolute atomic E-state index is 2.47. The van der Waals surface area contributed by atoms with E-state index < -0.39 is 0 Å². The Balaban J connectivity index is 1.46. The first-order chi connectivity index (χ1) is 12.2. The number of hydrogen-bond donors (Lipinski definition) is 0. The van der Waals surface area contributed by atoms with Gasteiger partial charge < -0.3 is 4.48 Å². The number of benzene rings is 1. The van der Waals surface area contributed by atoms with Crippen LogP contribution < -0.4 is 0 Å². The van der Waals surface area contributed by atoms with Crippen LogP contribution in [0.4, 0.5) is 0 Å². The molecule has 0 N–H and O–H groups in total. The van der Waals surface area contributed by atoms with Gasteiger partial charge in [0, 0.05) is 12.0 Å². The lowest BCUT2D eigenvalue weighted by molar-refractivity contribution is -0.924. The molecule has 1 nitrogen and oxygen atoms in total. The number of nitrogens with zero attached hydrogens (tertiary/aromatic N) is 1. The van der Waals surface area contributed by atoms with E-state index in [1.165, 1.54) is 108 Å². The van der Waals surface area contributed by atoms with E-state index in [-0.39, 0.29) is 0 Å². The molecule has 0 amide bonds. The standard InChI is InChI=1S/C24H42N/c1-3-4-5-6-7-8-9-10-11-12-13-16-20-25(2)21-19-23-17-14-15-18-24(23)22-25/h14-15,17-18H,3-13,16,19-22H2,1-2H3/q+1. The average Bonchev–Trinajstić information content (AvgIpc) is 2.62. The van der Waals surface area contributed by atoms with Gasteiger partial charge in [0.1, 0.15) is 6.54 Å². The molecular formula is C24H42N+. The Morgan fingerprint density at radius 2 is 1.24 bits per heavy atom. The van der Waals surface area contributed by atoms with Crippen molar-refractivity contribution in [3.63, 3.8) is 0 Å². The molecule has 0 aromatic heterocycles. The van der Waals surface area contributed by atoms with Gasteiger partial charge in [0.25, 0.3) is 0 Å². The highest BCUT2D eigenvalue weighted by Gasteiger charge is 2.27. The molecule has 0 aliphatic carbocycles. The molecule has 1 heterocycles. The van der Waals surface area contributed by atoms with Crippen LogP contribution in [0.1, 0.15) is 95.1 Å². The summed E-state index contributed by atoms with van der Waals surface area (Å²) in [5.74, 6) is 0. The van der Waals surface area contributed by atoms with Gasteiger partial charge in [0.05, 0.1) is 20.1 Å². The number of rotatable bonds is 13. The molecule has 1 aliphatic rings. The number of hydrogen-bond acceptors (Lipinski definition) is 0. The molecule has 1 heteroatoms. The van der Waals surface area contributed by atoms with E-state index in [2.05, 4.69) is 38.2 Å². The average molecular weight is 345 g/mol. The van der Waals surface area contributed by atoms with Crippen LogP contribution in [0.5, 0.6) is 0 Å². The van der Waals surface area contributed by atoms with Crippen molar-refractivity contribution < 1.29 is 4.48 Å². The molecule has 0 bridgehead atoms. The van der Waals surface area contributed by atoms with E-state index in [4.69, 9.17) is 0 Å². The lowest BCUT2D eigenvalue weighted by Crippen LogP contribution is -2.48. The first-order valence-electron chi connectivity index (χ1n) is 11.1. The monoisotopic (exact) mass is 344 g/mol. The minimum Gasteiger partial charge on any atom is -0.322 e. The van der Waals surface area contributed by atoms with Crippen molar-refractivity contribution >= 4 is 0 Å². The van der Waals surface area contributed by atoms with Crippen LogP contribution in [0, 0.1) is 0 Å². The second kappa shape index (κ2) is 11.7. The number of likely N-dealkylation sites (N-methyl/N-ethyl adjacent to an activating group) is 1. The summed E-state index contributed by atoms with van der Waals surface area (Å²) in [4.78, 5) is 0. The second-order valence-corrected chi connectivity index (χ2v) is 8.63. The van der Waals surface area contributed by atoms with Gasteiger partial charge in [-0.2, -0.15) is 0 Å². The van der Waals surface area contributed by atoms with Crippen molar-refractivity contribution in [3.05, 3.63) is 35.4 Å². The van der Waals surface area contributed by atoms with Crippen LogP contribution in [0.3, 0.4) is 0 Å². The molecule has 1 aromatic carbocycles. The zero-order chi connectivity index (χ0) is 17.8. The zero-order valence-corrected chi connectivity index (χ0v) is 17.1. The number of unbranched alkanes of at least 4 members (excludes halogenated alkanes) is 11. The van der Waals surface area contributed by atoms with Crippen LogP contribution in [0.2, 0.25) is 0 Å². The molecule has 1 atom stereocenters. The Labute approximate surface area is 157 Å². The molecule has 1 aliphatic heterocycles. The predicted molar refractivity (Wildman–Crippen MR) is 111 cm³/mol. The highest BCUT2D eigenvalue weighted by atomic mass is 15.3. The van der Waals surface area contributed by atoms with E-state index in [0.717, 1.165) is 0 Å². The van der Waals surface area contributed by atoms with Crippen LogP contribution in [0.15, 0.2) is 24.3 Å². The maximum Gasteiger partial charge on any atom is 0.104 e. The third-order valence-corrected chi connectivity index (χ3v) is 6.14. The molecule has 25 heavy (non-hydrogen) atoms. The third kappa shape index (κ3) is 7.94. The van der Waals surface area contributed by atoms with Gasteiger partial charge in [0.2, 0.25) is 0 Å². The van der Waals surface area contributed by atoms with Crippen molar-refractivity contribution in [1.29, 1.82) is 0 Å². The third-order valence-electron chi connectivity index (χ3n) is 6.14. The summed E-state index contributed by atoms with van der Waals surface area (Å²) < 4.78 is 1.26. The Kier molecular flexibility index (Phi) is 9.61. The summed E-state index contributed by atoms with van der Waals surface area (Å²) in [6.07, 6.45) is 18.6. The molecule has 1 unspecified atom stereocenters. The van der Waals surface area contributed by atoms with Gasteiger partial charge in [-0.1, -0.05) is 95.4 Å². The van der Waals surface area contributed by atoms with E-state index in [1.807, 2.05) is 0 Å². The zero-order valence-electron chi connectivity index (χ0n) is 17.1. The minimum absolute atomic E-state index is 1.24. The largest absolute Gasteiger partial charge is 0.322 e. The number of quaternary nitrogens is 1. The molecule has 0 radical (unpaired) electrons. The number of fused-ring (bicyclic) bond motifs is 1. The normalized spacial score (nSPS) is 19.8. The first-order valence-corrected chi connectivity index (χ1v) is 11.1. The van der Waals surface area contributed by atoms with Gasteiger partial charge in [-0.25, -0.2) is 0 Å². The molecule has 142 valence electrons. The van der Waals surface area contributed by atoms with Crippen molar-refractivity contribution in [3.8, 4) is 0 Å². The molecule has 2 rings (SSSR count). The van der Waals surface area contributed by atoms with Crippen LogP contribution >= 0.6 is 0 Å². The molecule has 0 saturated carbocycles. The Morgan fingerprint density at radius 1 is 0.720 bits per heavy atom. The van der Waals surface area contributed by atoms with Gasteiger partial charge in [-0.05, 0) is 18.4 Å². The SMILES string of the molecule is CCCCCCCCCCCCCC[N+]1(C)CCc2ccccc2C1. The highest BCUT2D eigenvalue weighted by molar-refractivity contribution is 5.27. The molecule has 1 aromatic rings. The predicted octanol–water partition coefficient (Wildman–Crippen LogP) is 6.89. The van der Waals surface area contributed by atoms with E-state index in [9.17, 15) is 0 Å².